The molecule has 4 N–H and O–H groups in total. The molecule has 0 amide bonds. The van der Waals surface area contributed by atoms with Crippen molar-refractivity contribution in [2.75, 3.05) is 47.7 Å². The zero-order chi connectivity index (χ0) is 29.6. The summed E-state index contributed by atoms with van der Waals surface area (Å²) in [6.07, 6.45) is 0. The molecular formula is C32H34N4O4S2. The topological polar surface area (TPSA) is 85.0 Å². The molecule has 0 spiro atoms. The summed E-state index contributed by atoms with van der Waals surface area (Å²) in [5.41, 5.74) is 3.19. The Morgan fingerprint density at radius 2 is 0.881 bits per heavy atom. The largest absolute Gasteiger partial charge is 0.494 e. The van der Waals surface area contributed by atoms with Crippen molar-refractivity contribution < 1.29 is 18.9 Å². The second-order valence-electron chi connectivity index (χ2n) is 8.76. The average molecular weight is 603 g/mol. The maximum Gasteiger partial charge on any atom is 0.175 e. The summed E-state index contributed by atoms with van der Waals surface area (Å²) in [5, 5.41) is 13.6. The van der Waals surface area contributed by atoms with Crippen molar-refractivity contribution in [3.63, 3.8) is 0 Å². The highest BCUT2D eigenvalue weighted by atomic mass is 32.1. The summed E-state index contributed by atoms with van der Waals surface area (Å²) in [4.78, 5) is 0. The molecule has 8 nitrogen and oxygen atoms in total. The number of hydrogen-bond acceptors (Lipinski definition) is 6. The highest BCUT2D eigenvalue weighted by molar-refractivity contribution is 7.81. The van der Waals surface area contributed by atoms with Crippen molar-refractivity contribution in [3.8, 4) is 23.0 Å². The summed E-state index contributed by atoms with van der Waals surface area (Å²) in [6.45, 7) is 5.79. The molecule has 42 heavy (non-hydrogen) atoms. The summed E-state index contributed by atoms with van der Waals surface area (Å²) in [6, 6.07) is 30.4. The fourth-order valence-electron chi connectivity index (χ4n) is 3.87. The molecule has 0 saturated heterocycles. The molecule has 0 unspecified atom stereocenters. The van der Waals surface area contributed by atoms with Gasteiger partial charge in [0, 0.05) is 11.4 Å². The van der Waals surface area contributed by atoms with Crippen LogP contribution in [0.1, 0.15) is 13.8 Å². The molecule has 0 bridgehead atoms. The van der Waals surface area contributed by atoms with Gasteiger partial charge in [-0.25, -0.2) is 0 Å². The number of para-hydroxylation sites is 4. The fraction of sp³-hybridized carbons (Fsp3) is 0.188. The van der Waals surface area contributed by atoms with Crippen molar-refractivity contribution in [1.29, 1.82) is 0 Å². The van der Waals surface area contributed by atoms with E-state index in [9.17, 15) is 0 Å². The van der Waals surface area contributed by atoms with Crippen molar-refractivity contribution in [2.45, 2.75) is 13.8 Å². The van der Waals surface area contributed by atoms with E-state index in [1.165, 1.54) is 0 Å². The Balaban J connectivity index is 1.26. The van der Waals surface area contributed by atoms with Gasteiger partial charge in [0.1, 0.15) is 36.2 Å². The molecule has 0 heterocycles. The maximum atomic E-state index is 6.02. The molecule has 4 aromatic carbocycles. The molecule has 4 rings (SSSR count). The highest BCUT2D eigenvalue weighted by Gasteiger charge is 2.08. The third-order valence-electron chi connectivity index (χ3n) is 5.72. The lowest BCUT2D eigenvalue weighted by Crippen LogP contribution is -2.20. The normalized spacial score (nSPS) is 10.2. The molecule has 0 aromatic heterocycles. The number of thiocarbonyl (C=S) groups is 2. The van der Waals surface area contributed by atoms with Gasteiger partial charge in [0.05, 0.1) is 24.6 Å². The third-order valence-corrected chi connectivity index (χ3v) is 6.12. The Morgan fingerprint density at radius 3 is 1.26 bits per heavy atom. The quantitative estimate of drug-likeness (QED) is 0.0909. The Labute approximate surface area is 257 Å². The minimum absolute atomic E-state index is 0.320. The Hall–Kier alpha value is -4.54. The van der Waals surface area contributed by atoms with E-state index in [4.69, 9.17) is 43.4 Å². The van der Waals surface area contributed by atoms with Crippen LogP contribution in [0.2, 0.25) is 0 Å². The van der Waals surface area contributed by atoms with Gasteiger partial charge in [-0.3, -0.25) is 0 Å². The Kier molecular flexibility index (Phi) is 11.6. The van der Waals surface area contributed by atoms with Gasteiger partial charge < -0.3 is 40.2 Å². The second-order valence-corrected chi connectivity index (χ2v) is 9.58. The zero-order valence-corrected chi connectivity index (χ0v) is 25.1. The molecule has 0 aliphatic carbocycles. The van der Waals surface area contributed by atoms with Crippen LogP contribution >= 0.6 is 24.4 Å². The van der Waals surface area contributed by atoms with Crippen LogP contribution in [0, 0.1) is 0 Å². The zero-order valence-electron chi connectivity index (χ0n) is 23.5. The lowest BCUT2D eigenvalue weighted by atomic mass is 10.3. The summed E-state index contributed by atoms with van der Waals surface area (Å²) >= 11 is 11.0. The molecular weight excluding hydrogens is 569 g/mol. The predicted octanol–water partition coefficient (Wildman–Crippen LogP) is 7.56. The van der Waals surface area contributed by atoms with E-state index in [0.29, 0.717) is 48.2 Å². The van der Waals surface area contributed by atoms with Crippen LogP contribution in [-0.4, -0.2) is 36.7 Å². The van der Waals surface area contributed by atoms with Crippen LogP contribution < -0.4 is 40.2 Å². The maximum absolute atomic E-state index is 6.02. The highest BCUT2D eigenvalue weighted by Crippen LogP contribution is 2.26. The molecule has 0 aliphatic rings. The van der Waals surface area contributed by atoms with E-state index in [1.54, 1.807) is 0 Å². The minimum atomic E-state index is 0.320. The number of nitrogens with one attached hydrogen (secondary N) is 4. The second kappa shape index (κ2) is 16.0. The molecule has 0 saturated carbocycles. The lowest BCUT2D eigenvalue weighted by Gasteiger charge is -2.17. The van der Waals surface area contributed by atoms with E-state index in [2.05, 4.69) is 21.3 Å². The van der Waals surface area contributed by atoms with Gasteiger partial charge in [0.15, 0.2) is 10.2 Å². The van der Waals surface area contributed by atoms with Gasteiger partial charge in [0.2, 0.25) is 0 Å². The van der Waals surface area contributed by atoms with Crippen LogP contribution in [0.15, 0.2) is 97.1 Å². The monoisotopic (exact) mass is 602 g/mol. The average Bonchev–Trinajstić information content (AvgIpc) is 2.99. The first kappa shape index (κ1) is 30.4. The van der Waals surface area contributed by atoms with Crippen molar-refractivity contribution in [1.82, 2.24) is 0 Å². The first-order valence-corrected chi connectivity index (χ1v) is 14.4. The van der Waals surface area contributed by atoms with E-state index in [1.807, 2.05) is 111 Å². The molecule has 4 aromatic rings. The first-order chi connectivity index (χ1) is 20.5. The van der Waals surface area contributed by atoms with Crippen LogP contribution in [0.3, 0.4) is 0 Å². The summed E-state index contributed by atoms with van der Waals surface area (Å²) in [7, 11) is 0. The van der Waals surface area contributed by atoms with E-state index >= 15 is 0 Å². The number of hydrogen-bond donors (Lipinski definition) is 4. The van der Waals surface area contributed by atoms with Gasteiger partial charge in [0.25, 0.3) is 0 Å². The smallest absolute Gasteiger partial charge is 0.175 e. The van der Waals surface area contributed by atoms with E-state index in [0.717, 1.165) is 34.2 Å². The van der Waals surface area contributed by atoms with Crippen LogP contribution in [0.4, 0.5) is 22.7 Å². The summed E-state index contributed by atoms with van der Waals surface area (Å²) < 4.78 is 23.0. The number of anilines is 4. The van der Waals surface area contributed by atoms with Crippen molar-refractivity contribution in [3.05, 3.63) is 97.1 Å². The number of ether oxygens (including phenoxy) is 4. The SMILES string of the molecule is CCOc1ccc(NC(=S)Nc2ccccc2OCCOc2ccccc2NC(=S)Nc2ccc(OCC)cc2)cc1. The molecule has 10 heteroatoms. The van der Waals surface area contributed by atoms with Crippen LogP contribution in [-0.2, 0) is 0 Å². The third kappa shape index (κ3) is 9.53. The van der Waals surface area contributed by atoms with E-state index in [-0.39, 0.29) is 0 Å². The lowest BCUT2D eigenvalue weighted by molar-refractivity contribution is 0.218. The van der Waals surface area contributed by atoms with Gasteiger partial charge in [-0.2, -0.15) is 0 Å². The van der Waals surface area contributed by atoms with Crippen molar-refractivity contribution >= 4 is 57.4 Å². The van der Waals surface area contributed by atoms with Gasteiger partial charge in [-0.15, -0.1) is 0 Å². The van der Waals surface area contributed by atoms with Crippen LogP contribution in [0.5, 0.6) is 23.0 Å². The van der Waals surface area contributed by atoms with E-state index < -0.39 is 0 Å². The predicted molar refractivity (Wildman–Crippen MR) is 179 cm³/mol. The van der Waals surface area contributed by atoms with Crippen LogP contribution in [0.25, 0.3) is 0 Å². The van der Waals surface area contributed by atoms with Gasteiger partial charge in [-0.05, 0) is 111 Å². The molecule has 218 valence electrons. The van der Waals surface area contributed by atoms with Crippen molar-refractivity contribution in [2.24, 2.45) is 0 Å². The Bertz CT molecular complexity index is 1340. The fourth-order valence-corrected chi connectivity index (χ4v) is 4.32. The number of rotatable bonds is 13. The Morgan fingerprint density at radius 1 is 0.500 bits per heavy atom. The molecule has 0 radical (unpaired) electrons. The summed E-state index contributed by atoms with van der Waals surface area (Å²) in [5.74, 6) is 2.93. The first-order valence-electron chi connectivity index (χ1n) is 13.6. The van der Waals surface area contributed by atoms with Gasteiger partial charge in [-0.1, -0.05) is 24.3 Å². The molecule has 0 aliphatic heterocycles. The van der Waals surface area contributed by atoms with Gasteiger partial charge >= 0.3 is 0 Å². The number of benzene rings is 4. The standard InChI is InChI=1S/C32H34N4O4S2/c1-3-37-25-17-13-23(14-18-25)33-31(41)35-27-9-5-7-11-29(27)39-21-22-40-30-12-8-6-10-28(30)36-32(42)34-24-15-19-26(20-16-24)38-4-2/h5-20H,3-4,21-22H2,1-2H3,(H2,33,35,41)(H2,34,36,42). The molecule has 0 fully saturated rings. The molecule has 0 atom stereocenters. The minimum Gasteiger partial charge on any atom is -0.494 e.